The molecule has 0 spiro atoms. The molecule has 0 saturated carbocycles. The zero-order chi connectivity index (χ0) is 10.6. The third kappa shape index (κ3) is 3.16. The summed E-state index contributed by atoms with van der Waals surface area (Å²) in [6.45, 7) is 6.98. The van der Waals surface area contributed by atoms with Gasteiger partial charge in [0.15, 0.2) is 0 Å². The van der Waals surface area contributed by atoms with E-state index in [0.717, 1.165) is 13.0 Å². The molecule has 0 aliphatic heterocycles. The lowest BCUT2D eigenvalue weighted by atomic mass is 10.1. The summed E-state index contributed by atoms with van der Waals surface area (Å²) in [7, 11) is 0. The van der Waals surface area contributed by atoms with Crippen molar-refractivity contribution in [3.8, 4) is 0 Å². The topological polar surface area (TPSA) is 76.7 Å². The molecule has 0 bridgehead atoms. The lowest BCUT2D eigenvalue weighted by Crippen LogP contribution is -2.14. The van der Waals surface area contributed by atoms with Gasteiger partial charge in [0, 0.05) is 6.54 Å². The van der Waals surface area contributed by atoms with E-state index < -0.39 is 0 Å². The van der Waals surface area contributed by atoms with Crippen LogP contribution in [0.3, 0.4) is 0 Å². The lowest BCUT2D eigenvalue weighted by molar-refractivity contribution is 0.591. The number of nitrogens with two attached hydrogens (primary N) is 1. The summed E-state index contributed by atoms with van der Waals surface area (Å²) in [6, 6.07) is 0. The highest BCUT2D eigenvalue weighted by Gasteiger charge is 2.02. The van der Waals surface area contributed by atoms with E-state index in [0.29, 0.717) is 17.7 Å². The molecule has 1 aromatic rings. The molecule has 0 aliphatic rings. The van der Waals surface area contributed by atoms with Gasteiger partial charge in [0.2, 0.25) is 11.9 Å². The van der Waals surface area contributed by atoms with Gasteiger partial charge in [0.25, 0.3) is 0 Å². The number of hydrogen-bond donors (Lipinski definition) is 2. The molecule has 1 heterocycles. The fourth-order valence-electron chi connectivity index (χ4n) is 0.991. The smallest absolute Gasteiger partial charge is 0.227 e. The van der Waals surface area contributed by atoms with Gasteiger partial charge in [0.1, 0.15) is 5.82 Å². The van der Waals surface area contributed by atoms with Crippen LogP contribution < -0.4 is 11.1 Å². The minimum Gasteiger partial charge on any atom is -0.368 e. The quantitative estimate of drug-likeness (QED) is 0.755. The van der Waals surface area contributed by atoms with E-state index in [1.165, 1.54) is 0 Å². The monoisotopic (exact) mass is 195 g/mol. The Morgan fingerprint density at radius 1 is 1.36 bits per heavy atom. The first kappa shape index (κ1) is 10.7. The molecule has 0 radical (unpaired) electrons. The molecule has 0 aliphatic carbocycles. The zero-order valence-corrected chi connectivity index (χ0v) is 8.91. The maximum atomic E-state index is 5.50. The maximum absolute atomic E-state index is 5.50. The number of aromatic nitrogens is 3. The van der Waals surface area contributed by atoms with Gasteiger partial charge < -0.3 is 11.1 Å². The Morgan fingerprint density at radius 3 is 2.64 bits per heavy atom. The van der Waals surface area contributed by atoms with Crippen molar-refractivity contribution in [3.63, 3.8) is 0 Å². The first-order valence-electron chi connectivity index (χ1n) is 4.83. The first-order chi connectivity index (χ1) is 6.61. The van der Waals surface area contributed by atoms with E-state index in [-0.39, 0.29) is 5.95 Å². The molecule has 1 atom stereocenters. The molecule has 3 N–H and O–H groups in total. The maximum Gasteiger partial charge on any atom is 0.227 e. The number of nitrogen functional groups attached to an aromatic ring is 1. The van der Waals surface area contributed by atoms with Crippen molar-refractivity contribution in [1.29, 1.82) is 0 Å². The Balaban J connectivity index is 2.58. The van der Waals surface area contributed by atoms with Crippen LogP contribution >= 0.6 is 0 Å². The van der Waals surface area contributed by atoms with E-state index in [1.807, 2.05) is 0 Å². The van der Waals surface area contributed by atoms with Gasteiger partial charge in [-0.2, -0.15) is 15.0 Å². The van der Waals surface area contributed by atoms with Crippen LogP contribution in [0.25, 0.3) is 0 Å². The lowest BCUT2D eigenvalue weighted by Gasteiger charge is -2.09. The molecule has 1 rings (SSSR count). The van der Waals surface area contributed by atoms with Crippen LogP contribution in [0, 0.1) is 12.8 Å². The standard InChI is InChI=1S/C9H17N5/c1-4-6(2)5-11-9-13-7(3)12-8(10)14-9/h6H,4-5H2,1-3H3,(H3,10,11,12,13,14). The van der Waals surface area contributed by atoms with E-state index in [9.17, 15) is 0 Å². The van der Waals surface area contributed by atoms with Crippen molar-refractivity contribution in [2.75, 3.05) is 17.6 Å². The second kappa shape index (κ2) is 4.74. The molecular formula is C9H17N5. The van der Waals surface area contributed by atoms with Crippen LogP contribution in [-0.2, 0) is 0 Å². The van der Waals surface area contributed by atoms with Crippen LogP contribution in [0.4, 0.5) is 11.9 Å². The molecule has 78 valence electrons. The number of hydrogen-bond acceptors (Lipinski definition) is 5. The number of nitrogens with zero attached hydrogens (tertiary/aromatic N) is 3. The van der Waals surface area contributed by atoms with E-state index >= 15 is 0 Å². The highest BCUT2D eigenvalue weighted by atomic mass is 15.2. The van der Waals surface area contributed by atoms with Crippen molar-refractivity contribution >= 4 is 11.9 Å². The molecule has 0 aromatic carbocycles. The number of nitrogens with one attached hydrogen (secondary N) is 1. The Labute approximate surface area is 84.2 Å². The molecule has 0 saturated heterocycles. The van der Waals surface area contributed by atoms with Gasteiger partial charge in [-0.15, -0.1) is 0 Å². The summed E-state index contributed by atoms with van der Waals surface area (Å²) in [5.41, 5.74) is 5.50. The molecular weight excluding hydrogens is 178 g/mol. The molecule has 5 heteroatoms. The van der Waals surface area contributed by atoms with Crippen molar-refractivity contribution < 1.29 is 0 Å². The highest BCUT2D eigenvalue weighted by molar-refractivity contribution is 5.30. The number of aryl methyl sites for hydroxylation is 1. The molecule has 14 heavy (non-hydrogen) atoms. The van der Waals surface area contributed by atoms with Crippen LogP contribution in [0.1, 0.15) is 26.1 Å². The van der Waals surface area contributed by atoms with Crippen LogP contribution in [0.5, 0.6) is 0 Å². The van der Waals surface area contributed by atoms with Crippen molar-refractivity contribution in [3.05, 3.63) is 5.82 Å². The predicted octanol–water partition coefficient (Wildman–Crippen LogP) is 1.22. The summed E-state index contributed by atoms with van der Waals surface area (Å²) in [4.78, 5) is 12.0. The van der Waals surface area contributed by atoms with Gasteiger partial charge in [-0.25, -0.2) is 0 Å². The molecule has 1 aromatic heterocycles. The van der Waals surface area contributed by atoms with Crippen LogP contribution in [-0.4, -0.2) is 21.5 Å². The number of rotatable bonds is 4. The van der Waals surface area contributed by atoms with E-state index in [1.54, 1.807) is 6.92 Å². The van der Waals surface area contributed by atoms with E-state index in [2.05, 4.69) is 34.1 Å². The van der Waals surface area contributed by atoms with Gasteiger partial charge in [-0.3, -0.25) is 0 Å². The second-order valence-electron chi connectivity index (χ2n) is 3.46. The SMILES string of the molecule is CCC(C)CNc1nc(C)nc(N)n1. The highest BCUT2D eigenvalue weighted by Crippen LogP contribution is 2.05. The normalized spacial score (nSPS) is 12.5. The fourth-order valence-corrected chi connectivity index (χ4v) is 0.991. The number of anilines is 2. The average Bonchev–Trinajstić information content (AvgIpc) is 2.12. The van der Waals surface area contributed by atoms with Crippen LogP contribution in [0.2, 0.25) is 0 Å². The Bertz CT molecular complexity index is 279. The minimum absolute atomic E-state index is 0.268. The second-order valence-corrected chi connectivity index (χ2v) is 3.46. The largest absolute Gasteiger partial charge is 0.368 e. The average molecular weight is 195 g/mol. The summed E-state index contributed by atoms with van der Waals surface area (Å²) in [6.07, 6.45) is 1.13. The minimum atomic E-state index is 0.268. The molecule has 0 amide bonds. The Hall–Kier alpha value is -1.39. The van der Waals surface area contributed by atoms with Crippen molar-refractivity contribution in [2.24, 2.45) is 5.92 Å². The first-order valence-corrected chi connectivity index (χ1v) is 4.83. The van der Waals surface area contributed by atoms with Crippen molar-refractivity contribution in [2.45, 2.75) is 27.2 Å². The summed E-state index contributed by atoms with van der Waals surface area (Å²) >= 11 is 0. The van der Waals surface area contributed by atoms with Gasteiger partial charge in [-0.1, -0.05) is 20.3 Å². The molecule has 1 unspecified atom stereocenters. The summed E-state index contributed by atoms with van der Waals surface area (Å²) in [5.74, 6) is 2.08. The Morgan fingerprint density at radius 2 is 2.07 bits per heavy atom. The van der Waals surface area contributed by atoms with Gasteiger partial charge in [0.05, 0.1) is 0 Å². The fraction of sp³-hybridized carbons (Fsp3) is 0.667. The van der Waals surface area contributed by atoms with Crippen LogP contribution in [0.15, 0.2) is 0 Å². The third-order valence-corrected chi connectivity index (χ3v) is 2.07. The van der Waals surface area contributed by atoms with Gasteiger partial charge in [-0.05, 0) is 12.8 Å². The zero-order valence-electron chi connectivity index (χ0n) is 8.91. The summed E-state index contributed by atoms with van der Waals surface area (Å²) < 4.78 is 0. The van der Waals surface area contributed by atoms with E-state index in [4.69, 9.17) is 5.73 Å². The molecule has 0 fully saturated rings. The van der Waals surface area contributed by atoms with Gasteiger partial charge >= 0.3 is 0 Å². The predicted molar refractivity (Wildman–Crippen MR) is 56.9 cm³/mol. The molecule has 5 nitrogen and oxygen atoms in total. The Kier molecular flexibility index (Phi) is 3.62. The van der Waals surface area contributed by atoms with Crippen molar-refractivity contribution in [1.82, 2.24) is 15.0 Å². The third-order valence-electron chi connectivity index (χ3n) is 2.07. The summed E-state index contributed by atoms with van der Waals surface area (Å²) in [5, 5.41) is 3.13.